The Hall–Kier alpha value is -3.59. The lowest BCUT2D eigenvalue weighted by atomic mass is 10.2. The SMILES string of the molecule is FC(F)(F)Oc1ccc(Cn2cc(-c3cc(Nc4ccc(Cl)cc4)ncn3)cn2)cc1. The molecular weight excluding hydrogens is 431 g/mol. The van der Waals surface area contributed by atoms with Gasteiger partial charge >= 0.3 is 6.36 Å². The zero-order valence-corrected chi connectivity index (χ0v) is 16.6. The summed E-state index contributed by atoms with van der Waals surface area (Å²) in [4.78, 5) is 8.50. The molecule has 0 radical (unpaired) electrons. The van der Waals surface area contributed by atoms with Gasteiger partial charge in [0.05, 0.1) is 18.4 Å². The quantitative estimate of drug-likeness (QED) is 0.413. The van der Waals surface area contributed by atoms with Gasteiger partial charge in [0, 0.05) is 28.5 Å². The summed E-state index contributed by atoms with van der Waals surface area (Å²) in [6.07, 6.45) is 0.200. The van der Waals surface area contributed by atoms with Gasteiger partial charge in [0.25, 0.3) is 0 Å². The van der Waals surface area contributed by atoms with Crippen LogP contribution in [0.25, 0.3) is 11.3 Å². The Morgan fingerprint density at radius 2 is 1.74 bits per heavy atom. The summed E-state index contributed by atoms with van der Waals surface area (Å²) in [5.74, 6) is 0.347. The van der Waals surface area contributed by atoms with Crippen molar-refractivity contribution in [1.29, 1.82) is 0 Å². The summed E-state index contributed by atoms with van der Waals surface area (Å²) in [7, 11) is 0. The lowest BCUT2D eigenvalue weighted by Gasteiger charge is -2.09. The van der Waals surface area contributed by atoms with Crippen molar-refractivity contribution in [3.8, 4) is 17.0 Å². The molecule has 0 amide bonds. The van der Waals surface area contributed by atoms with E-state index in [0.29, 0.717) is 23.1 Å². The van der Waals surface area contributed by atoms with Crippen LogP contribution in [0.4, 0.5) is 24.7 Å². The molecular formula is C21H15ClF3N5O. The minimum absolute atomic E-state index is 0.265. The van der Waals surface area contributed by atoms with E-state index in [4.69, 9.17) is 11.6 Å². The van der Waals surface area contributed by atoms with Crippen LogP contribution in [0.2, 0.25) is 5.02 Å². The summed E-state index contributed by atoms with van der Waals surface area (Å²) in [5.41, 5.74) is 3.06. The van der Waals surface area contributed by atoms with Gasteiger partial charge in [-0.25, -0.2) is 9.97 Å². The van der Waals surface area contributed by atoms with Crippen molar-refractivity contribution in [2.45, 2.75) is 12.9 Å². The first-order valence-corrected chi connectivity index (χ1v) is 9.44. The number of alkyl halides is 3. The van der Waals surface area contributed by atoms with Crippen LogP contribution >= 0.6 is 11.6 Å². The lowest BCUT2D eigenvalue weighted by molar-refractivity contribution is -0.274. The van der Waals surface area contributed by atoms with Gasteiger partial charge in [0.1, 0.15) is 17.9 Å². The average Bonchev–Trinajstić information content (AvgIpc) is 3.19. The maximum Gasteiger partial charge on any atom is 0.573 e. The standard InChI is InChI=1S/C21H15ClF3N5O/c22-16-3-5-17(6-4-16)29-20-9-19(26-13-27-20)15-10-28-30(12-15)11-14-1-7-18(8-2-14)31-21(23,24)25/h1-10,12-13H,11H2,(H,26,27,29). The van der Waals surface area contributed by atoms with Gasteiger partial charge in [0.15, 0.2) is 0 Å². The number of halogens is 4. The Kier molecular flexibility index (Phi) is 5.77. The van der Waals surface area contributed by atoms with Crippen LogP contribution in [-0.4, -0.2) is 26.1 Å². The fourth-order valence-electron chi connectivity index (χ4n) is 2.83. The molecule has 158 valence electrons. The number of hydrogen-bond donors (Lipinski definition) is 1. The van der Waals surface area contributed by atoms with Gasteiger partial charge in [-0.2, -0.15) is 5.10 Å². The van der Waals surface area contributed by atoms with E-state index in [1.807, 2.05) is 12.1 Å². The van der Waals surface area contributed by atoms with E-state index in [1.54, 1.807) is 47.4 Å². The minimum atomic E-state index is -4.71. The predicted octanol–water partition coefficient (Wildman–Crippen LogP) is 5.68. The Bertz CT molecular complexity index is 1160. The molecule has 2 aromatic heterocycles. The molecule has 4 rings (SSSR count). The zero-order chi connectivity index (χ0) is 21.8. The van der Waals surface area contributed by atoms with Crippen LogP contribution in [0.15, 0.2) is 73.3 Å². The topological polar surface area (TPSA) is 64.9 Å². The van der Waals surface area contributed by atoms with Gasteiger partial charge in [-0.05, 0) is 42.0 Å². The fraction of sp³-hybridized carbons (Fsp3) is 0.0952. The molecule has 4 aromatic rings. The van der Waals surface area contributed by atoms with Gasteiger partial charge in [-0.1, -0.05) is 23.7 Å². The summed E-state index contributed by atoms with van der Waals surface area (Å²) in [6.45, 7) is 0.382. The molecule has 31 heavy (non-hydrogen) atoms. The second kappa shape index (κ2) is 8.65. The van der Waals surface area contributed by atoms with Crippen LogP contribution in [-0.2, 0) is 6.54 Å². The summed E-state index contributed by atoms with van der Waals surface area (Å²) in [5, 5.41) is 8.13. The number of rotatable bonds is 6. The first-order chi connectivity index (χ1) is 14.8. The first kappa shape index (κ1) is 20.7. The number of nitrogens with one attached hydrogen (secondary N) is 1. The van der Waals surface area contributed by atoms with Crippen molar-refractivity contribution >= 4 is 23.1 Å². The maximum atomic E-state index is 12.3. The molecule has 0 aliphatic carbocycles. The van der Waals surface area contributed by atoms with Crippen LogP contribution in [0, 0.1) is 0 Å². The molecule has 0 atom stereocenters. The second-order valence-corrected chi connectivity index (χ2v) is 6.98. The first-order valence-electron chi connectivity index (χ1n) is 9.06. The third-order valence-electron chi connectivity index (χ3n) is 4.21. The van der Waals surface area contributed by atoms with Crippen LogP contribution in [0.5, 0.6) is 5.75 Å². The molecule has 1 N–H and O–H groups in total. The van der Waals surface area contributed by atoms with Gasteiger partial charge < -0.3 is 10.1 Å². The van der Waals surface area contributed by atoms with E-state index in [0.717, 1.165) is 16.8 Å². The number of hydrogen-bond acceptors (Lipinski definition) is 5. The molecule has 0 saturated carbocycles. The second-order valence-electron chi connectivity index (χ2n) is 6.54. The molecule has 2 aromatic carbocycles. The van der Waals surface area contributed by atoms with Crippen molar-refractivity contribution in [2.75, 3.05) is 5.32 Å². The largest absolute Gasteiger partial charge is 0.573 e. The zero-order valence-electron chi connectivity index (χ0n) is 15.8. The lowest BCUT2D eigenvalue weighted by Crippen LogP contribution is -2.17. The smallest absolute Gasteiger partial charge is 0.406 e. The Morgan fingerprint density at radius 3 is 2.45 bits per heavy atom. The molecule has 0 spiro atoms. The number of aromatic nitrogens is 4. The highest BCUT2D eigenvalue weighted by atomic mass is 35.5. The normalized spacial score (nSPS) is 11.4. The van der Waals surface area contributed by atoms with Crippen molar-refractivity contribution in [3.63, 3.8) is 0 Å². The van der Waals surface area contributed by atoms with Crippen LogP contribution in [0.1, 0.15) is 5.56 Å². The number of benzene rings is 2. The van der Waals surface area contributed by atoms with E-state index < -0.39 is 6.36 Å². The highest BCUT2D eigenvalue weighted by molar-refractivity contribution is 6.30. The van der Waals surface area contributed by atoms with E-state index >= 15 is 0 Å². The van der Waals surface area contributed by atoms with Gasteiger partial charge in [-0.3, -0.25) is 4.68 Å². The van der Waals surface area contributed by atoms with Crippen molar-refractivity contribution < 1.29 is 17.9 Å². The monoisotopic (exact) mass is 445 g/mol. The molecule has 0 saturated heterocycles. The van der Waals surface area contributed by atoms with Crippen molar-refractivity contribution in [2.24, 2.45) is 0 Å². The third-order valence-corrected chi connectivity index (χ3v) is 4.47. The summed E-state index contributed by atoms with van der Waals surface area (Å²) < 4.78 is 42.3. The van der Waals surface area contributed by atoms with E-state index in [2.05, 4.69) is 25.1 Å². The van der Waals surface area contributed by atoms with E-state index in [-0.39, 0.29) is 5.75 Å². The molecule has 0 bridgehead atoms. The minimum Gasteiger partial charge on any atom is -0.406 e. The third kappa shape index (κ3) is 5.73. The van der Waals surface area contributed by atoms with Crippen LogP contribution in [0.3, 0.4) is 0 Å². The maximum absolute atomic E-state index is 12.3. The fourth-order valence-corrected chi connectivity index (χ4v) is 2.96. The molecule has 0 aliphatic heterocycles. The number of nitrogens with zero attached hydrogens (tertiary/aromatic N) is 4. The van der Waals surface area contributed by atoms with Gasteiger partial charge in [-0.15, -0.1) is 13.2 Å². The predicted molar refractivity (Wildman–Crippen MR) is 110 cm³/mol. The summed E-state index contributed by atoms with van der Waals surface area (Å²) >= 11 is 5.90. The van der Waals surface area contributed by atoms with E-state index in [9.17, 15) is 13.2 Å². The van der Waals surface area contributed by atoms with Crippen molar-refractivity contribution in [3.05, 3.63) is 83.9 Å². The average molecular weight is 446 g/mol. The highest BCUT2D eigenvalue weighted by Gasteiger charge is 2.30. The molecule has 2 heterocycles. The molecule has 10 heteroatoms. The summed E-state index contributed by atoms with van der Waals surface area (Å²) in [6, 6.07) is 14.7. The molecule has 0 fully saturated rings. The Morgan fingerprint density at radius 1 is 1.00 bits per heavy atom. The number of anilines is 2. The van der Waals surface area contributed by atoms with Crippen molar-refractivity contribution in [1.82, 2.24) is 19.7 Å². The molecule has 0 unspecified atom stereocenters. The Labute approximate surface area is 180 Å². The van der Waals surface area contributed by atoms with Gasteiger partial charge in [0.2, 0.25) is 0 Å². The molecule has 6 nitrogen and oxygen atoms in total. The molecule has 0 aliphatic rings. The van der Waals surface area contributed by atoms with Crippen LogP contribution < -0.4 is 10.1 Å². The van der Waals surface area contributed by atoms with E-state index in [1.165, 1.54) is 18.5 Å². The number of ether oxygens (including phenoxy) is 1. The Balaban J connectivity index is 1.44. The highest BCUT2D eigenvalue weighted by Crippen LogP contribution is 2.24.